The minimum atomic E-state index is -0.417. The van der Waals surface area contributed by atoms with E-state index in [4.69, 9.17) is 4.74 Å². The molecular weight excluding hydrogens is 509 g/mol. The molecule has 2 amide bonds. The van der Waals surface area contributed by atoms with E-state index < -0.39 is 5.82 Å². The zero-order valence-electron chi connectivity index (χ0n) is 22.2. The number of methoxy groups -OCH3 is 1. The van der Waals surface area contributed by atoms with Crippen LogP contribution in [0.25, 0.3) is 11.3 Å². The summed E-state index contributed by atoms with van der Waals surface area (Å²) in [5, 5.41) is 8.81. The molecule has 1 fully saturated rings. The standard InChI is InChI=1S/C31H30FN5O3/c1-40-27-9-5-8-25(20-27)28-14-15-29(34-33-28)35-16-18-36(19-17-35)30(38)22-37(21-23-6-3-2-4-7-23)31(39)24-10-12-26(32)13-11-24/h2-15,20H,16-19,21-22H2,1H3. The Labute approximate surface area is 232 Å². The molecule has 1 saturated heterocycles. The fraction of sp³-hybridized carbons (Fsp3) is 0.226. The van der Waals surface area contributed by atoms with Crippen molar-refractivity contribution in [3.05, 3.63) is 108 Å². The van der Waals surface area contributed by atoms with Crippen LogP contribution in [0.1, 0.15) is 15.9 Å². The molecule has 3 aromatic carbocycles. The highest BCUT2D eigenvalue weighted by Gasteiger charge is 2.26. The molecule has 2 heterocycles. The number of benzene rings is 3. The van der Waals surface area contributed by atoms with Gasteiger partial charge >= 0.3 is 0 Å². The van der Waals surface area contributed by atoms with Crippen molar-refractivity contribution in [2.24, 2.45) is 0 Å². The molecule has 9 heteroatoms. The van der Waals surface area contributed by atoms with Crippen LogP contribution in [-0.2, 0) is 11.3 Å². The Balaban J connectivity index is 1.21. The molecule has 5 rings (SSSR count). The number of hydrogen-bond acceptors (Lipinski definition) is 6. The number of carbonyl (C=O) groups excluding carboxylic acids is 2. The summed E-state index contributed by atoms with van der Waals surface area (Å²) < 4.78 is 18.7. The Kier molecular flexibility index (Phi) is 8.29. The average Bonchev–Trinajstić information content (AvgIpc) is 3.01. The van der Waals surface area contributed by atoms with Crippen LogP contribution in [0.4, 0.5) is 10.2 Å². The maximum absolute atomic E-state index is 13.4. The molecule has 0 spiro atoms. The molecule has 4 aromatic rings. The van der Waals surface area contributed by atoms with Crippen LogP contribution in [0.15, 0.2) is 91.0 Å². The molecular formula is C31H30FN5O3. The number of rotatable bonds is 8. The monoisotopic (exact) mass is 539 g/mol. The predicted octanol–water partition coefficient (Wildman–Crippen LogP) is 4.28. The second kappa shape index (κ2) is 12.4. The maximum atomic E-state index is 13.4. The third kappa shape index (κ3) is 6.43. The largest absolute Gasteiger partial charge is 0.497 e. The number of nitrogens with zero attached hydrogens (tertiary/aromatic N) is 5. The molecule has 0 atom stereocenters. The van der Waals surface area contributed by atoms with Crippen molar-refractivity contribution in [2.75, 3.05) is 44.7 Å². The van der Waals surface area contributed by atoms with E-state index in [0.717, 1.165) is 28.4 Å². The van der Waals surface area contributed by atoms with Gasteiger partial charge in [0.2, 0.25) is 5.91 Å². The van der Waals surface area contributed by atoms with Crippen molar-refractivity contribution in [1.82, 2.24) is 20.0 Å². The summed E-state index contributed by atoms with van der Waals surface area (Å²) in [6.07, 6.45) is 0. The average molecular weight is 540 g/mol. The number of anilines is 1. The Bertz CT molecular complexity index is 1440. The highest BCUT2D eigenvalue weighted by Crippen LogP contribution is 2.23. The van der Waals surface area contributed by atoms with E-state index in [1.807, 2.05) is 66.7 Å². The van der Waals surface area contributed by atoms with Crippen molar-refractivity contribution in [1.29, 1.82) is 0 Å². The van der Waals surface area contributed by atoms with Crippen LogP contribution >= 0.6 is 0 Å². The highest BCUT2D eigenvalue weighted by atomic mass is 19.1. The van der Waals surface area contributed by atoms with Crippen LogP contribution < -0.4 is 9.64 Å². The number of hydrogen-bond donors (Lipinski definition) is 0. The van der Waals surface area contributed by atoms with Gasteiger partial charge in [0, 0.05) is 43.9 Å². The molecule has 0 N–H and O–H groups in total. The van der Waals surface area contributed by atoms with Gasteiger partial charge in [0.1, 0.15) is 18.1 Å². The predicted molar refractivity (Wildman–Crippen MR) is 150 cm³/mol. The summed E-state index contributed by atoms with van der Waals surface area (Å²) >= 11 is 0. The first-order valence-corrected chi connectivity index (χ1v) is 13.1. The quantitative estimate of drug-likeness (QED) is 0.333. The highest BCUT2D eigenvalue weighted by molar-refractivity contribution is 5.96. The smallest absolute Gasteiger partial charge is 0.254 e. The lowest BCUT2D eigenvalue weighted by atomic mass is 10.1. The molecule has 1 aromatic heterocycles. The molecule has 1 aliphatic heterocycles. The minimum absolute atomic E-state index is 0.0693. The third-order valence-electron chi connectivity index (χ3n) is 6.89. The number of halogens is 1. The van der Waals surface area contributed by atoms with Crippen LogP contribution in [-0.4, -0.2) is 71.6 Å². The molecule has 1 aliphatic rings. The fourth-order valence-electron chi connectivity index (χ4n) is 4.66. The van der Waals surface area contributed by atoms with E-state index in [9.17, 15) is 14.0 Å². The first kappa shape index (κ1) is 26.8. The van der Waals surface area contributed by atoms with Gasteiger partial charge in [0.25, 0.3) is 5.91 Å². The summed E-state index contributed by atoms with van der Waals surface area (Å²) in [5.41, 5.74) is 2.92. The van der Waals surface area contributed by atoms with Gasteiger partial charge in [0.05, 0.1) is 12.8 Å². The Hall–Kier alpha value is -4.79. The SMILES string of the molecule is COc1cccc(-c2ccc(N3CCN(C(=O)CN(Cc4ccccc4)C(=O)c4ccc(F)cc4)CC3)nn2)c1. The first-order valence-electron chi connectivity index (χ1n) is 13.1. The van der Waals surface area contributed by atoms with Gasteiger partial charge in [-0.2, -0.15) is 0 Å². The van der Waals surface area contributed by atoms with Gasteiger partial charge in [-0.25, -0.2) is 4.39 Å². The van der Waals surface area contributed by atoms with E-state index in [0.29, 0.717) is 31.7 Å². The molecule has 0 bridgehead atoms. The lowest BCUT2D eigenvalue weighted by molar-refractivity contribution is -0.132. The maximum Gasteiger partial charge on any atom is 0.254 e. The molecule has 40 heavy (non-hydrogen) atoms. The van der Waals surface area contributed by atoms with Gasteiger partial charge in [0.15, 0.2) is 5.82 Å². The van der Waals surface area contributed by atoms with Crippen LogP contribution in [0.2, 0.25) is 0 Å². The Morgan fingerprint density at radius 1 is 0.875 bits per heavy atom. The normalized spacial score (nSPS) is 13.2. The molecule has 204 valence electrons. The number of amides is 2. The lowest BCUT2D eigenvalue weighted by Crippen LogP contribution is -2.52. The number of aromatic nitrogens is 2. The molecule has 8 nitrogen and oxygen atoms in total. The van der Waals surface area contributed by atoms with Crippen LogP contribution in [0.3, 0.4) is 0 Å². The molecule has 0 saturated carbocycles. The summed E-state index contributed by atoms with van der Waals surface area (Å²) in [4.78, 5) is 32.0. The van der Waals surface area contributed by atoms with E-state index in [-0.39, 0.29) is 24.9 Å². The van der Waals surface area contributed by atoms with Crippen molar-refractivity contribution in [2.45, 2.75) is 6.54 Å². The van der Waals surface area contributed by atoms with Crippen molar-refractivity contribution >= 4 is 17.6 Å². The summed E-state index contributed by atoms with van der Waals surface area (Å²) in [6.45, 7) is 2.41. The zero-order chi connectivity index (χ0) is 27.9. The second-order valence-electron chi connectivity index (χ2n) is 9.53. The molecule has 0 aliphatic carbocycles. The van der Waals surface area contributed by atoms with Gasteiger partial charge < -0.3 is 19.4 Å². The molecule has 0 unspecified atom stereocenters. The minimum Gasteiger partial charge on any atom is -0.497 e. The van der Waals surface area contributed by atoms with E-state index >= 15 is 0 Å². The molecule has 0 radical (unpaired) electrons. The first-order chi connectivity index (χ1) is 19.5. The Morgan fingerprint density at radius 3 is 2.30 bits per heavy atom. The number of carbonyl (C=O) groups is 2. The topological polar surface area (TPSA) is 78.9 Å². The lowest BCUT2D eigenvalue weighted by Gasteiger charge is -2.36. The van der Waals surface area contributed by atoms with E-state index in [2.05, 4.69) is 15.1 Å². The van der Waals surface area contributed by atoms with Crippen LogP contribution in [0, 0.1) is 5.82 Å². The van der Waals surface area contributed by atoms with Crippen molar-refractivity contribution in [3.8, 4) is 17.0 Å². The zero-order valence-corrected chi connectivity index (χ0v) is 22.2. The second-order valence-corrected chi connectivity index (χ2v) is 9.53. The summed E-state index contributed by atoms with van der Waals surface area (Å²) in [5.74, 6) is 0.634. The van der Waals surface area contributed by atoms with Crippen molar-refractivity contribution < 1.29 is 18.7 Å². The summed E-state index contributed by atoms with van der Waals surface area (Å²) in [6, 6.07) is 26.4. The van der Waals surface area contributed by atoms with Crippen LogP contribution in [0.5, 0.6) is 5.75 Å². The number of piperazine rings is 1. The van der Waals surface area contributed by atoms with Gasteiger partial charge in [-0.3, -0.25) is 9.59 Å². The third-order valence-corrected chi connectivity index (χ3v) is 6.89. The van der Waals surface area contributed by atoms with E-state index in [1.165, 1.54) is 29.2 Å². The van der Waals surface area contributed by atoms with Crippen molar-refractivity contribution in [3.63, 3.8) is 0 Å². The fourth-order valence-corrected chi connectivity index (χ4v) is 4.66. The summed E-state index contributed by atoms with van der Waals surface area (Å²) in [7, 11) is 1.63. The van der Waals surface area contributed by atoms with E-state index in [1.54, 1.807) is 12.0 Å². The number of ether oxygens (including phenoxy) is 1. The van der Waals surface area contributed by atoms with Gasteiger partial charge in [-0.1, -0.05) is 42.5 Å². The Morgan fingerprint density at radius 2 is 1.62 bits per heavy atom. The van der Waals surface area contributed by atoms with Gasteiger partial charge in [-0.05, 0) is 54.1 Å². The van der Waals surface area contributed by atoms with Gasteiger partial charge in [-0.15, -0.1) is 10.2 Å².